The van der Waals surface area contributed by atoms with Crippen molar-refractivity contribution in [2.24, 2.45) is 0 Å². The number of hydrogen-bond donors (Lipinski definition) is 2. The second-order valence-electron chi connectivity index (χ2n) is 6.39. The molecule has 0 aliphatic carbocycles. The molecule has 1 heterocycles. The van der Waals surface area contributed by atoms with Crippen LogP contribution in [-0.4, -0.2) is 45.7 Å². The Bertz CT molecular complexity index is 852. The third kappa shape index (κ3) is 4.08. The summed E-state index contributed by atoms with van der Waals surface area (Å²) in [6.45, 7) is 0.614. The van der Waals surface area contributed by atoms with Gasteiger partial charge in [0.15, 0.2) is 0 Å². The van der Waals surface area contributed by atoms with Crippen LogP contribution >= 0.6 is 0 Å². The summed E-state index contributed by atoms with van der Waals surface area (Å²) in [6.07, 6.45) is -1.32. The zero-order chi connectivity index (χ0) is 19.4. The average molecular weight is 368 g/mol. The van der Waals surface area contributed by atoms with Gasteiger partial charge in [0.1, 0.15) is 6.04 Å². The maximum absolute atomic E-state index is 13.0. The van der Waals surface area contributed by atoms with Crippen molar-refractivity contribution >= 4 is 23.7 Å². The van der Waals surface area contributed by atoms with Crippen molar-refractivity contribution in [1.82, 2.24) is 4.90 Å². The lowest BCUT2D eigenvalue weighted by molar-refractivity contribution is -0.142. The highest BCUT2D eigenvalue weighted by molar-refractivity contribution is 6.00. The van der Waals surface area contributed by atoms with E-state index in [1.165, 1.54) is 0 Å². The van der Waals surface area contributed by atoms with Crippen molar-refractivity contribution in [3.8, 4) is 0 Å². The van der Waals surface area contributed by atoms with Crippen molar-refractivity contribution in [3.05, 3.63) is 65.7 Å². The minimum Gasteiger partial charge on any atom is -0.481 e. The number of anilines is 1. The van der Waals surface area contributed by atoms with Gasteiger partial charge in [-0.3, -0.25) is 14.5 Å². The van der Waals surface area contributed by atoms with Crippen LogP contribution in [0.3, 0.4) is 0 Å². The number of aliphatic carboxylic acids is 1. The number of nitrogens with zero attached hydrogens (tertiary/aromatic N) is 2. The molecular weight excluding hydrogens is 348 g/mol. The number of carbonyl (C=O) groups is 3. The summed E-state index contributed by atoms with van der Waals surface area (Å²) in [6, 6.07) is 15.2. The largest absolute Gasteiger partial charge is 0.481 e. The molecule has 1 aliphatic rings. The molecule has 0 aromatic heterocycles. The summed E-state index contributed by atoms with van der Waals surface area (Å²) in [4.78, 5) is 38.6. The first-order valence-electron chi connectivity index (χ1n) is 8.62. The topological polar surface area (TPSA) is 98.2 Å². The fraction of sp³-hybridized carbons (Fsp3) is 0.250. The molecule has 7 nitrogen and oxygen atoms in total. The number of carboxylic acids is 1. The number of amides is 2. The molecule has 2 aromatic rings. The lowest BCUT2D eigenvalue weighted by Gasteiger charge is -2.28. The number of hydrogen-bond acceptors (Lipinski definition) is 3. The number of benzene rings is 2. The van der Waals surface area contributed by atoms with Crippen molar-refractivity contribution in [3.63, 3.8) is 0 Å². The summed E-state index contributed by atoms with van der Waals surface area (Å²) >= 11 is 0. The van der Waals surface area contributed by atoms with E-state index in [1.807, 2.05) is 30.3 Å². The quantitative estimate of drug-likeness (QED) is 0.845. The van der Waals surface area contributed by atoms with Crippen molar-refractivity contribution in [2.75, 3.05) is 11.4 Å². The Labute approximate surface area is 156 Å². The fourth-order valence-corrected chi connectivity index (χ4v) is 3.33. The molecule has 3 rings (SSSR count). The molecule has 0 saturated carbocycles. The first kappa shape index (κ1) is 18.4. The van der Waals surface area contributed by atoms with Crippen molar-refractivity contribution < 1.29 is 24.6 Å². The van der Waals surface area contributed by atoms with Crippen LogP contribution in [0.25, 0.3) is 0 Å². The first-order valence-corrected chi connectivity index (χ1v) is 8.62. The van der Waals surface area contributed by atoms with Crippen molar-refractivity contribution in [1.29, 1.82) is 0 Å². The molecule has 0 bridgehead atoms. The molecule has 1 aliphatic heterocycles. The van der Waals surface area contributed by atoms with E-state index < -0.39 is 30.4 Å². The summed E-state index contributed by atoms with van der Waals surface area (Å²) in [5.74, 6) is -1.71. The van der Waals surface area contributed by atoms with Crippen LogP contribution in [0.1, 0.15) is 17.5 Å². The van der Waals surface area contributed by atoms with E-state index >= 15 is 0 Å². The van der Waals surface area contributed by atoms with Gasteiger partial charge in [-0.25, -0.2) is 4.79 Å². The minimum atomic E-state index is -1.34. The van der Waals surface area contributed by atoms with Crippen molar-refractivity contribution in [2.45, 2.75) is 25.4 Å². The summed E-state index contributed by atoms with van der Waals surface area (Å²) in [5.41, 5.74) is 2.08. The Morgan fingerprint density at radius 3 is 2.33 bits per heavy atom. The maximum atomic E-state index is 13.0. The van der Waals surface area contributed by atoms with Crippen LogP contribution in [0.2, 0.25) is 0 Å². The lowest BCUT2D eigenvalue weighted by Crippen LogP contribution is -2.50. The Balaban J connectivity index is 1.95. The van der Waals surface area contributed by atoms with Gasteiger partial charge in [0.25, 0.3) is 0 Å². The number of fused-ring (bicyclic) bond motifs is 1. The molecular formula is C20H20N2O5. The van der Waals surface area contributed by atoms with Gasteiger partial charge < -0.3 is 15.1 Å². The van der Waals surface area contributed by atoms with E-state index in [1.54, 1.807) is 29.2 Å². The summed E-state index contributed by atoms with van der Waals surface area (Å²) < 4.78 is 0. The highest BCUT2D eigenvalue weighted by Gasteiger charge is 2.39. The molecule has 0 radical (unpaired) electrons. The van der Waals surface area contributed by atoms with Crippen LogP contribution in [0.15, 0.2) is 54.6 Å². The Morgan fingerprint density at radius 1 is 1.00 bits per heavy atom. The van der Waals surface area contributed by atoms with Gasteiger partial charge >= 0.3 is 12.1 Å². The Kier molecular flexibility index (Phi) is 5.40. The van der Waals surface area contributed by atoms with Crippen LogP contribution < -0.4 is 4.90 Å². The number of rotatable bonds is 5. The molecule has 0 spiro atoms. The summed E-state index contributed by atoms with van der Waals surface area (Å²) in [7, 11) is 0. The van der Waals surface area contributed by atoms with Gasteiger partial charge in [0.05, 0.1) is 12.1 Å². The van der Waals surface area contributed by atoms with Gasteiger partial charge in [-0.2, -0.15) is 0 Å². The fourth-order valence-electron chi connectivity index (χ4n) is 3.33. The number of carbonyl (C=O) groups excluding carboxylic acids is 1. The monoisotopic (exact) mass is 368 g/mol. The average Bonchev–Trinajstić information content (AvgIpc) is 2.76. The molecule has 140 valence electrons. The molecule has 0 saturated heterocycles. The zero-order valence-corrected chi connectivity index (χ0v) is 14.6. The molecule has 2 amide bonds. The SMILES string of the molecule is O=C(O)CC1C(=O)N(CCc2ccccc2)Cc2ccccc2N1C(=O)O. The molecule has 7 heteroatoms. The van der Waals surface area contributed by atoms with Gasteiger partial charge in [0, 0.05) is 13.1 Å². The second kappa shape index (κ2) is 7.90. The zero-order valence-electron chi connectivity index (χ0n) is 14.6. The van der Waals surface area contributed by atoms with Gasteiger partial charge in [-0.1, -0.05) is 48.5 Å². The lowest BCUT2D eigenvalue weighted by atomic mass is 10.1. The number of carboxylic acid groups (broad SMARTS) is 2. The maximum Gasteiger partial charge on any atom is 0.412 e. The predicted octanol–water partition coefficient (Wildman–Crippen LogP) is 2.60. The molecule has 2 N–H and O–H groups in total. The highest BCUT2D eigenvalue weighted by Crippen LogP contribution is 2.30. The third-order valence-corrected chi connectivity index (χ3v) is 4.61. The smallest absolute Gasteiger partial charge is 0.412 e. The second-order valence-corrected chi connectivity index (χ2v) is 6.39. The molecule has 1 atom stereocenters. The van der Waals surface area contributed by atoms with Crippen LogP contribution in [-0.2, 0) is 22.6 Å². The molecule has 1 unspecified atom stereocenters. The standard InChI is InChI=1S/C20H20N2O5/c23-18(24)12-17-19(25)21(11-10-14-6-2-1-3-7-14)13-15-8-4-5-9-16(15)22(17)20(26)27/h1-9,17H,10-13H2,(H,23,24)(H,26,27). The minimum absolute atomic E-state index is 0.238. The van der Waals surface area contributed by atoms with Gasteiger partial charge in [-0.15, -0.1) is 0 Å². The predicted molar refractivity (Wildman–Crippen MR) is 98.5 cm³/mol. The Morgan fingerprint density at radius 2 is 1.67 bits per heavy atom. The molecule has 27 heavy (non-hydrogen) atoms. The van der Waals surface area contributed by atoms with Gasteiger partial charge in [0.2, 0.25) is 5.91 Å². The van der Waals surface area contributed by atoms with E-state index in [2.05, 4.69) is 0 Å². The van der Waals surface area contributed by atoms with E-state index in [0.717, 1.165) is 10.5 Å². The van der Waals surface area contributed by atoms with E-state index in [-0.39, 0.29) is 6.54 Å². The van der Waals surface area contributed by atoms with Crippen LogP contribution in [0, 0.1) is 0 Å². The van der Waals surface area contributed by atoms with Gasteiger partial charge in [-0.05, 0) is 23.6 Å². The van der Waals surface area contributed by atoms with Crippen LogP contribution in [0.4, 0.5) is 10.5 Å². The van der Waals surface area contributed by atoms with E-state index in [4.69, 9.17) is 0 Å². The highest BCUT2D eigenvalue weighted by atomic mass is 16.4. The molecule has 0 fully saturated rings. The first-order chi connectivity index (χ1) is 13.0. The normalized spacial score (nSPS) is 16.6. The Hall–Kier alpha value is -3.35. The molecule has 2 aromatic carbocycles. The third-order valence-electron chi connectivity index (χ3n) is 4.61. The summed E-state index contributed by atoms with van der Waals surface area (Å²) in [5, 5.41) is 18.9. The van der Waals surface area contributed by atoms with E-state index in [9.17, 15) is 24.6 Å². The van der Waals surface area contributed by atoms with Crippen LogP contribution in [0.5, 0.6) is 0 Å². The number of para-hydroxylation sites is 1. The van der Waals surface area contributed by atoms with E-state index in [0.29, 0.717) is 24.2 Å².